The van der Waals surface area contributed by atoms with Crippen LogP contribution >= 0.6 is 11.3 Å². The summed E-state index contributed by atoms with van der Waals surface area (Å²) in [5, 5.41) is 6.84. The summed E-state index contributed by atoms with van der Waals surface area (Å²) in [5.41, 5.74) is 0.977. The molecule has 0 atom stereocenters. The summed E-state index contributed by atoms with van der Waals surface area (Å²) in [5.74, 6) is -0.303. The first-order valence-electron chi connectivity index (χ1n) is 6.84. The van der Waals surface area contributed by atoms with Crippen LogP contribution in [-0.4, -0.2) is 34.5 Å². The van der Waals surface area contributed by atoms with Crippen molar-refractivity contribution in [1.29, 1.82) is 0 Å². The molecule has 1 amide bonds. The van der Waals surface area contributed by atoms with E-state index in [1.807, 2.05) is 0 Å². The number of nitrogens with one attached hydrogen (secondary N) is 2. The molecule has 24 heavy (non-hydrogen) atoms. The zero-order valence-corrected chi connectivity index (χ0v) is 14.4. The van der Waals surface area contributed by atoms with E-state index in [0.29, 0.717) is 22.1 Å². The first kappa shape index (κ1) is 16.3. The lowest BCUT2D eigenvalue weighted by atomic mass is 10.2. The van der Waals surface area contributed by atoms with Crippen molar-refractivity contribution in [2.24, 2.45) is 0 Å². The highest BCUT2D eigenvalue weighted by atomic mass is 32.2. The zero-order valence-electron chi connectivity index (χ0n) is 12.8. The van der Waals surface area contributed by atoms with Gasteiger partial charge in [-0.2, -0.15) is 5.10 Å². The van der Waals surface area contributed by atoms with E-state index in [-0.39, 0.29) is 9.77 Å². The Labute approximate surface area is 142 Å². The third-order valence-corrected chi connectivity index (χ3v) is 5.88. The van der Waals surface area contributed by atoms with E-state index in [4.69, 9.17) is 0 Å². The highest BCUT2D eigenvalue weighted by molar-refractivity contribution is 7.90. The summed E-state index contributed by atoms with van der Waals surface area (Å²) >= 11 is 1.04. The average Bonchev–Trinajstić information content (AvgIpc) is 3.16. The molecular formula is C14H13N5O3S2. The minimum Gasteiger partial charge on any atom is -0.267 e. The van der Waals surface area contributed by atoms with Crippen LogP contribution in [0.1, 0.15) is 20.9 Å². The monoisotopic (exact) mass is 363 g/mol. The third-order valence-electron chi connectivity index (χ3n) is 3.23. The maximum Gasteiger partial charge on any atom is 0.277 e. The van der Waals surface area contributed by atoms with Gasteiger partial charge in [0.15, 0.2) is 10.8 Å². The van der Waals surface area contributed by atoms with Crippen LogP contribution in [0.5, 0.6) is 0 Å². The molecule has 1 aromatic carbocycles. The first-order valence-corrected chi connectivity index (χ1v) is 9.14. The molecule has 0 aliphatic rings. The van der Waals surface area contributed by atoms with Gasteiger partial charge in [-0.05, 0) is 25.5 Å². The fourth-order valence-corrected chi connectivity index (χ4v) is 4.28. The second kappa shape index (κ2) is 6.13. The molecule has 8 nitrogen and oxygen atoms in total. The molecule has 0 bridgehead atoms. The number of aryl methyl sites for hydroxylation is 2. The Balaban J connectivity index is 1.89. The van der Waals surface area contributed by atoms with E-state index in [9.17, 15) is 13.2 Å². The number of hydrogen-bond donors (Lipinski definition) is 2. The van der Waals surface area contributed by atoms with Crippen LogP contribution < -0.4 is 4.72 Å². The van der Waals surface area contributed by atoms with E-state index in [1.165, 1.54) is 12.4 Å². The highest BCUT2D eigenvalue weighted by Crippen LogP contribution is 2.25. The average molecular weight is 363 g/mol. The SMILES string of the molecule is Cc1ccccc1S(=O)(=O)NC(=O)c1sc(-c2ncn[nH]2)nc1C. The molecule has 0 radical (unpaired) electrons. The van der Waals surface area contributed by atoms with E-state index < -0.39 is 15.9 Å². The molecule has 3 rings (SSSR count). The number of carbonyl (C=O) groups is 1. The Bertz CT molecular complexity index is 993. The third kappa shape index (κ3) is 3.05. The van der Waals surface area contributed by atoms with Crippen LogP contribution in [0.25, 0.3) is 10.8 Å². The van der Waals surface area contributed by atoms with Crippen molar-refractivity contribution in [2.45, 2.75) is 18.7 Å². The predicted octanol–water partition coefficient (Wildman–Crippen LogP) is 1.66. The molecule has 124 valence electrons. The van der Waals surface area contributed by atoms with Crippen molar-refractivity contribution in [2.75, 3.05) is 0 Å². The van der Waals surface area contributed by atoms with Crippen LogP contribution in [0.15, 0.2) is 35.5 Å². The summed E-state index contributed by atoms with van der Waals surface area (Å²) in [6.07, 6.45) is 1.33. The Morgan fingerprint density at radius 3 is 2.67 bits per heavy atom. The van der Waals surface area contributed by atoms with Crippen LogP contribution in [0.2, 0.25) is 0 Å². The Hall–Kier alpha value is -2.59. The number of thiazole rings is 1. The minimum absolute atomic E-state index is 0.0657. The van der Waals surface area contributed by atoms with Crippen LogP contribution in [0.4, 0.5) is 0 Å². The molecule has 0 aliphatic heterocycles. The number of benzene rings is 1. The molecule has 0 unspecified atom stereocenters. The fourth-order valence-electron chi connectivity index (χ4n) is 2.10. The zero-order chi connectivity index (χ0) is 17.3. The normalized spacial score (nSPS) is 11.4. The van der Waals surface area contributed by atoms with Crippen molar-refractivity contribution >= 4 is 27.3 Å². The molecule has 0 saturated heterocycles. The molecule has 2 aromatic heterocycles. The molecule has 0 spiro atoms. The number of H-pyrrole nitrogens is 1. The molecule has 0 aliphatic carbocycles. The van der Waals surface area contributed by atoms with Crippen LogP contribution in [0.3, 0.4) is 0 Å². The summed E-state index contributed by atoms with van der Waals surface area (Å²) < 4.78 is 26.9. The van der Waals surface area contributed by atoms with Crippen molar-refractivity contribution < 1.29 is 13.2 Å². The lowest BCUT2D eigenvalue weighted by Crippen LogP contribution is -2.30. The van der Waals surface area contributed by atoms with Gasteiger partial charge in [0.25, 0.3) is 15.9 Å². The molecular weight excluding hydrogens is 350 g/mol. The van der Waals surface area contributed by atoms with Gasteiger partial charge >= 0.3 is 0 Å². The number of aromatic nitrogens is 4. The van der Waals surface area contributed by atoms with Gasteiger partial charge in [0.05, 0.1) is 10.6 Å². The Morgan fingerprint density at radius 1 is 1.25 bits per heavy atom. The van der Waals surface area contributed by atoms with Gasteiger partial charge < -0.3 is 0 Å². The van der Waals surface area contributed by atoms with Gasteiger partial charge in [0.2, 0.25) is 0 Å². The highest BCUT2D eigenvalue weighted by Gasteiger charge is 2.24. The molecule has 0 saturated carbocycles. The molecule has 10 heteroatoms. The lowest BCUT2D eigenvalue weighted by Gasteiger charge is -2.08. The predicted molar refractivity (Wildman–Crippen MR) is 88.1 cm³/mol. The number of nitrogens with zero attached hydrogens (tertiary/aromatic N) is 3. The second-order valence-corrected chi connectivity index (χ2v) is 7.62. The standard InChI is InChI=1S/C14H13N5O3S2/c1-8-5-3-4-6-10(8)24(21,22)19-13(20)11-9(2)17-14(23-11)12-15-7-16-18-12/h3-7H,1-2H3,(H,19,20)(H,15,16,18). The summed E-state index contributed by atoms with van der Waals surface area (Å²) in [6, 6.07) is 6.45. The number of aromatic amines is 1. The molecule has 2 heterocycles. The number of sulfonamides is 1. The van der Waals surface area contributed by atoms with Gasteiger partial charge in [0.1, 0.15) is 11.2 Å². The van der Waals surface area contributed by atoms with Gasteiger partial charge in [0, 0.05) is 0 Å². The van der Waals surface area contributed by atoms with Crippen LogP contribution in [-0.2, 0) is 10.0 Å². The van der Waals surface area contributed by atoms with E-state index >= 15 is 0 Å². The molecule has 2 N–H and O–H groups in total. The first-order chi connectivity index (χ1) is 11.4. The lowest BCUT2D eigenvalue weighted by molar-refractivity contribution is 0.0984. The quantitative estimate of drug-likeness (QED) is 0.728. The fraction of sp³-hybridized carbons (Fsp3) is 0.143. The van der Waals surface area contributed by atoms with E-state index in [1.54, 1.807) is 32.0 Å². The second-order valence-electron chi connectivity index (χ2n) is 4.97. The molecule has 3 aromatic rings. The summed E-state index contributed by atoms with van der Waals surface area (Å²) in [4.78, 5) is 20.8. The number of hydrogen-bond acceptors (Lipinski definition) is 7. The van der Waals surface area contributed by atoms with Gasteiger partial charge in [-0.1, -0.05) is 18.2 Å². The van der Waals surface area contributed by atoms with E-state index in [2.05, 4.69) is 24.9 Å². The summed E-state index contributed by atoms with van der Waals surface area (Å²) in [7, 11) is -3.96. The number of carbonyl (C=O) groups excluding carboxylic acids is 1. The molecule has 0 fully saturated rings. The van der Waals surface area contributed by atoms with Gasteiger partial charge in [-0.25, -0.2) is 23.1 Å². The Morgan fingerprint density at radius 2 is 2.00 bits per heavy atom. The topological polar surface area (TPSA) is 118 Å². The van der Waals surface area contributed by atoms with Crippen LogP contribution in [0, 0.1) is 13.8 Å². The van der Waals surface area contributed by atoms with Crippen molar-refractivity contribution in [3.63, 3.8) is 0 Å². The van der Waals surface area contributed by atoms with E-state index in [0.717, 1.165) is 11.3 Å². The number of rotatable bonds is 4. The maximum absolute atomic E-state index is 12.4. The van der Waals surface area contributed by atoms with Crippen molar-refractivity contribution in [3.05, 3.63) is 46.7 Å². The van der Waals surface area contributed by atoms with Crippen molar-refractivity contribution in [3.8, 4) is 10.8 Å². The maximum atomic E-state index is 12.4. The smallest absolute Gasteiger partial charge is 0.267 e. The number of amides is 1. The van der Waals surface area contributed by atoms with Gasteiger partial charge in [-0.3, -0.25) is 9.89 Å². The minimum atomic E-state index is -3.96. The largest absolute Gasteiger partial charge is 0.277 e. The van der Waals surface area contributed by atoms with Gasteiger partial charge in [-0.15, -0.1) is 11.3 Å². The van der Waals surface area contributed by atoms with Crippen molar-refractivity contribution in [1.82, 2.24) is 24.9 Å². The Kier molecular flexibility index (Phi) is 4.16. The summed E-state index contributed by atoms with van der Waals surface area (Å²) in [6.45, 7) is 3.30.